The number of hydrogen-bond donors (Lipinski definition) is 0. The standard InChI is InChI=1S/C27H33N3O5S/c31-26(22-10-4-5-11-22)29(18-24-12-6-14-34-24)17-23-16-28-27(30(23)19-25-13-7-15-35-25)36(32,33)20-21-8-2-1-3-9-21/h1-3,6,8-9,12,14,16,22,25H,4-5,7,10-11,13,15,17-20H2/t25-/m1/s1. The lowest BCUT2D eigenvalue weighted by Gasteiger charge is -2.26. The maximum atomic E-state index is 13.5. The van der Waals surface area contributed by atoms with Gasteiger partial charge in [0.15, 0.2) is 0 Å². The van der Waals surface area contributed by atoms with E-state index in [2.05, 4.69) is 4.98 Å². The van der Waals surface area contributed by atoms with Crippen LogP contribution in [0.25, 0.3) is 0 Å². The summed E-state index contributed by atoms with van der Waals surface area (Å²) in [7, 11) is -3.71. The highest BCUT2D eigenvalue weighted by molar-refractivity contribution is 7.90. The van der Waals surface area contributed by atoms with Gasteiger partial charge >= 0.3 is 0 Å². The predicted octanol–water partition coefficient (Wildman–Crippen LogP) is 4.35. The van der Waals surface area contributed by atoms with Crippen LogP contribution in [0.15, 0.2) is 64.5 Å². The number of hydrogen-bond acceptors (Lipinski definition) is 6. The molecule has 5 rings (SSSR count). The highest BCUT2D eigenvalue weighted by atomic mass is 32.2. The number of amides is 1. The number of furan rings is 1. The van der Waals surface area contributed by atoms with E-state index in [1.165, 1.54) is 0 Å². The van der Waals surface area contributed by atoms with Crippen molar-refractivity contribution in [2.24, 2.45) is 5.92 Å². The first-order chi connectivity index (χ1) is 17.5. The van der Waals surface area contributed by atoms with E-state index in [1.54, 1.807) is 34.1 Å². The molecular weight excluding hydrogens is 478 g/mol. The zero-order valence-electron chi connectivity index (χ0n) is 20.4. The molecule has 36 heavy (non-hydrogen) atoms. The average Bonchev–Trinajstić information content (AvgIpc) is 3.68. The van der Waals surface area contributed by atoms with Gasteiger partial charge in [-0.2, -0.15) is 0 Å². The third-order valence-corrected chi connectivity index (χ3v) is 8.68. The van der Waals surface area contributed by atoms with E-state index in [1.807, 2.05) is 30.3 Å². The van der Waals surface area contributed by atoms with E-state index >= 15 is 0 Å². The fourth-order valence-corrected chi connectivity index (χ4v) is 6.74. The van der Waals surface area contributed by atoms with Gasteiger partial charge in [0.25, 0.3) is 0 Å². The number of ether oxygens (including phenoxy) is 1. The Morgan fingerprint density at radius 3 is 2.53 bits per heavy atom. The number of sulfone groups is 1. The average molecular weight is 512 g/mol. The fraction of sp³-hybridized carbons (Fsp3) is 0.481. The monoisotopic (exact) mass is 511 g/mol. The van der Waals surface area contributed by atoms with E-state index in [0.717, 1.165) is 38.5 Å². The van der Waals surface area contributed by atoms with E-state index in [9.17, 15) is 13.2 Å². The normalized spacial score (nSPS) is 18.6. The fourth-order valence-electron chi connectivity index (χ4n) is 5.24. The molecule has 1 aliphatic carbocycles. The van der Waals surface area contributed by atoms with Crippen molar-refractivity contribution in [3.8, 4) is 0 Å². The molecule has 1 atom stereocenters. The zero-order chi connectivity index (χ0) is 25.0. The van der Waals surface area contributed by atoms with Crippen molar-refractivity contribution in [2.75, 3.05) is 6.61 Å². The molecule has 1 amide bonds. The molecule has 2 aromatic heterocycles. The minimum Gasteiger partial charge on any atom is -0.467 e. The van der Waals surface area contributed by atoms with Crippen molar-refractivity contribution in [1.82, 2.24) is 14.5 Å². The molecule has 1 saturated heterocycles. The van der Waals surface area contributed by atoms with Crippen molar-refractivity contribution in [3.63, 3.8) is 0 Å². The molecule has 1 saturated carbocycles. The number of nitrogens with zero attached hydrogens (tertiary/aromatic N) is 3. The van der Waals surface area contributed by atoms with Gasteiger partial charge in [0.05, 0.1) is 49.6 Å². The molecule has 1 aliphatic heterocycles. The number of carbonyl (C=O) groups is 1. The van der Waals surface area contributed by atoms with Crippen molar-refractivity contribution in [1.29, 1.82) is 0 Å². The summed E-state index contributed by atoms with van der Waals surface area (Å²) in [5, 5.41) is 0.0307. The maximum absolute atomic E-state index is 13.5. The summed E-state index contributed by atoms with van der Waals surface area (Å²) in [4.78, 5) is 19.7. The van der Waals surface area contributed by atoms with Gasteiger partial charge in [0.1, 0.15) is 5.76 Å². The van der Waals surface area contributed by atoms with Crippen LogP contribution in [-0.2, 0) is 44.8 Å². The Morgan fingerprint density at radius 1 is 1.03 bits per heavy atom. The molecule has 1 aromatic carbocycles. The van der Waals surface area contributed by atoms with Gasteiger partial charge in [-0.1, -0.05) is 43.2 Å². The molecule has 8 nitrogen and oxygen atoms in total. The van der Waals surface area contributed by atoms with E-state index in [0.29, 0.717) is 36.7 Å². The molecule has 2 aliphatic rings. The molecule has 0 bridgehead atoms. The molecule has 0 unspecified atom stereocenters. The van der Waals surface area contributed by atoms with Crippen LogP contribution in [-0.4, -0.2) is 41.5 Å². The van der Waals surface area contributed by atoms with Crippen LogP contribution in [0.3, 0.4) is 0 Å². The summed E-state index contributed by atoms with van der Waals surface area (Å²) >= 11 is 0. The smallest absolute Gasteiger partial charge is 0.228 e. The van der Waals surface area contributed by atoms with E-state index in [4.69, 9.17) is 9.15 Å². The first kappa shape index (κ1) is 24.8. The van der Waals surface area contributed by atoms with E-state index in [-0.39, 0.29) is 35.4 Å². The third kappa shape index (κ3) is 5.73. The number of aromatic nitrogens is 2. The third-order valence-electron chi connectivity index (χ3n) is 7.09. The minimum absolute atomic E-state index is 0.00390. The van der Waals surface area contributed by atoms with Crippen LogP contribution < -0.4 is 0 Å². The Morgan fingerprint density at radius 2 is 1.83 bits per heavy atom. The predicted molar refractivity (Wildman–Crippen MR) is 133 cm³/mol. The second kappa shape index (κ2) is 11.0. The molecule has 9 heteroatoms. The molecule has 0 spiro atoms. The van der Waals surface area contributed by atoms with Crippen molar-refractivity contribution in [2.45, 2.75) is 75.2 Å². The lowest BCUT2D eigenvalue weighted by Crippen LogP contribution is -2.35. The minimum atomic E-state index is -3.71. The van der Waals surface area contributed by atoms with Crippen LogP contribution in [0.4, 0.5) is 0 Å². The Labute approximate surface area is 212 Å². The molecule has 3 aromatic rings. The topological polar surface area (TPSA) is 94.6 Å². The molecule has 0 N–H and O–H groups in total. The second-order valence-corrected chi connectivity index (χ2v) is 11.7. The van der Waals surface area contributed by atoms with Gasteiger partial charge in [-0.25, -0.2) is 13.4 Å². The Hall–Kier alpha value is -2.91. The largest absolute Gasteiger partial charge is 0.467 e. The first-order valence-corrected chi connectivity index (χ1v) is 14.4. The van der Waals surface area contributed by atoms with Crippen LogP contribution in [0.1, 0.15) is 55.5 Å². The first-order valence-electron chi connectivity index (χ1n) is 12.7. The van der Waals surface area contributed by atoms with Gasteiger partial charge in [-0.05, 0) is 43.4 Å². The maximum Gasteiger partial charge on any atom is 0.228 e. The number of imidazole rings is 1. The quantitative estimate of drug-likeness (QED) is 0.402. The lowest BCUT2D eigenvalue weighted by molar-refractivity contribution is -0.137. The van der Waals surface area contributed by atoms with Gasteiger partial charge in [0.2, 0.25) is 20.9 Å². The Balaban J connectivity index is 1.46. The zero-order valence-corrected chi connectivity index (χ0v) is 21.2. The number of rotatable bonds is 10. The van der Waals surface area contributed by atoms with Crippen molar-refractivity contribution >= 4 is 15.7 Å². The summed E-state index contributed by atoms with van der Waals surface area (Å²) < 4.78 is 40.1. The summed E-state index contributed by atoms with van der Waals surface area (Å²) in [6.07, 6.45) is 8.84. The Bertz CT molecular complexity index is 1240. The van der Waals surface area contributed by atoms with Gasteiger partial charge in [-0.3, -0.25) is 4.79 Å². The van der Waals surface area contributed by atoms with Gasteiger partial charge in [0, 0.05) is 12.5 Å². The molecule has 2 fully saturated rings. The number of benzene rings is 1. The molecular formula is C27H33N3O5S. The molecule has 3 heterocycles. The van der Waals surface area contributed by atoms with Crippen LogP contribution >= 0.6 is 0 Å². The molecule has 192 valence electrons. The van der Waals surface area contributed by atoms with Crippen LogP contribution in [0.2, 0.25) is 0 Å². The van der Waals surface area contributed by atoms with E-state index < -0.39 is 9.84 Å². The van der Waals surface area contributed by atoms with Crippen molar-refractivity contribution in [3.05, 3.63) is 71.9 Å². The van der Waals surface area contributed by atoms with Crippen LogP contribution in [0, 0.1) is 5.92 Å². The Kier molecular flexibility index (Phi) is 7.57. The summed E-state index contributed by atoms with van der Waals surface area (Å²) in [5.41, 5.74) is 1.40. The van der Waals surface area contributed by atoms with Crippen LogP contribution in [0.5, 0.6) is 0 Å². The second-order valence-electron chi connectivity index (χ2n) is 9.78. The van der Waals surface area contributed by atoms with Gasteiger partial charge in [-0.15, -0.1) is 0 Å². The highest BCUT2D eigenvalue weighted by Crippen LogP contribution is 2.29. The highest BCUT2D eigenvalue weighted by Gasteiger charge is 2.31. The number of carbonyl (C=O) groups excluding carboxylic acids is 1. The summed E-state index contributed by atoms with van der Waals surface area (Å²) in [6.45, 7) is 1.66. The lowest BCUT2D eigenvalue weighted by atomic mass is 10.1. The van der Waals surface area contributed by atoms with Crippen molar-refractivity contribution < 1.29 is 22.4 Å². The van der Waals surface area contributed by atoms with Gasteiger partial charge < -0.3 is 18.6 Å². The molecule has 0 radical (unpaired) electrons. The SMILES string of the molecule is O=C(C1CCCC1)N(Cc1ccco1)Cc1cnc(S(=O)(=O)Cc2ccccc2)n1C[C@H]1CCCO1. The summed E-state index contributed by atoms with van der Waals surface area (Å²) in [6, 6.07) is 12.8. The summed E-state index contributed by atoms with van der Waals surface area (Å²) in [5.74, 6) is 0.647.